The number of aromatic nitrogens is 2. The van der Waals surface area contributed by atoms with Crippen LogP contribution in [-0.2, 0) is 6.61 Å². The van der Waals surface area contributed by atoms with Crippen molar-refractivity contribution in [1.82, 2.24) is 9.97 Å². The van der Waals surface area contributed by atoms with E-state index < -0.39 is 0 Å². The van der Waals surface area contributed by atoms with Crippen molar-refractivity contribution in [3.63, 3.8) is 0 Å². The monoisotopic (exact) mass is 461 g/mol. The highest BCUT2D eigenvalue weighted by Gasteiger charge is 2.11. The van der Waals surface area contributed by atoms with E-state index in [-0.39, 0.29) is 5.82 Å². The largest absolute Gasteiger partial charge is 0.488 e. The molecule has 1 N–H and O–H groups in total. The second-order valence-electron chi connectivity index (χ2n) is 6.88. The standard InChI is InChI=1S/C24H17BrFN3O/c1-15-3-2-4-16(9-15)14-30-23-8-5-19(25)11-17(23)10-18(13-27)24-28-21-7-6-20(26)12-22(21)29-24/h2-12H,14H2,1H3,(H,28,29)/b18-10-. The van der Waals surface area contributed by atoms with Crippen molar-refractivity contribution in [2.45, 2.75) is 13.5 Å². The quantitative estimate of drug-likeness (QED) is 0.349. The second-order valence-corrected chi connectivity index (χ2v) is 7.79. The van der Waals surface area contributed by atoms with Crippen LogP contribution in [0.3, 0.4) is 0 Å². The number of H-pyrrole nitrogens is 1. The molecule has 4 nitrogen and oxygen atoms in total. The van der Waals surface area contributed by atoms with Gasteiger partial charge in [0.25, 0.3) is 0 Å². The van der Waals surface area contributed by atoms with E-state index in [0.29, 0.717) is 34.8 Å². The third-order valence-corrected chi connectivity index (χ3v) is 5.06. The zero-order valence-corrected chi connectivity index (χ0v) is 17.7. The molecule has 0 saturated heterocycles. The summed E-state index contributed by atoms with van der Waals surface area (Å²) in [5.74, 6) is 0.663. The van der Waals surface area contributed by atoms with Gasteiger partial charge in [0.15, 0.2) is 0 Å². The van der Waals surface area contributed by atoms with Crippen molar-refractivity contribution in [3.8, 4) is 11.8 Å². The molecule has 0 saturated carbocycles. The van der Waals surface area contributed by atoms with Crippen molar-refractivity contribution < 1.29 is 9.13 Å². The number of allylic oxidation sites excluding steroid dienone is 1. The van der Waals surface area contributed by atoms with Crippen LogP contribution in [0.2, 0.25) is 0 Å². The molecule has 0 fully saturated rings. The summed E-state index contributed by atoms with van der Waals surface area (Å²) in [5.41, 5.74) is 4.42. The number of fused-ring (bicyclic) bond motifs is 1. The summed E-state index contributed by atoms with van der Waals surface area (Å²) < 4.78 is 20.4. The normalized spacial score (nSPS) is 11.5. The number of imidazole rings is 1. The van der Waals surface area contributed by atoms with Crippen LogP contribution in [0.1, 0.15) is 22.5 Å². The summed E-state index contributed by atoms with van der Waals surface area (Å²) in [5, 5.41) is 9.71. The number of hydrogen-bond donors (Lipinski definition) is 1. The van der Waals surface area contributed by atoms with Crippen LogP contribution in [0.15, 0.2) is 65.1 Å². The van der Waals surface area contributed by atoms with Gasteiger partial charge in [0, 0.05) is 10.0 Å². The van der Waals surface area contributed by atoms with Gasteiger partial charge in [-0.15, -0.1) is 0 Å². The number of hydrogen-bond acceptors (Lipinski definition) is 3. The lowest BCUT2D eigenvalue weighted by Crippen LogP contribution is -1.98. The summed E-state index contributed by atoms with van der Waals surface area (Å²) in [6, 6.07) is 20.2. The predicted molar refractivity (Wildman–Crippen MR) is 119 cm³/mol. The van der Waals surface area contributed by atoms with Crippen molar-refractivity contribution >= 4 is 38.6 Å². The SMILES string of the molecule is Cc1cccc(COc2ccc(Br)cc2/C=C(/C#N)c2nc3ccc(F)cc3[nH]2)c1. The zero-order chi connectivity index (χ0) is 21.1. The Morgan fingerprint density at radius 3 is 2.87 bits per heavy atom. The van der Waals surface area contributed by atoms with Crippen LogP contribution in [0.4, 0.5) is 4.39 Å². The molecule has 3 aromatic carbocycles. The first-order chi connectivity index (χ1) is 14.5. The first-order valence-electron chi connectivity index (χ1n) is 9.27. The minimum Gasteiger partial charge on any atom is -0.488 e. The first-order valence-corrected chi connectivity index (χ1v) is 10.1. The fraction of sp³-hybridized carbons (Fsp3) is 0.0833. The molecular weight excluding hydrogens is 445 g/mol. The van der Waals surface area contributed by atoms with E-state index in [2.05, 4.69) is 38.0 Å². The van der Waals surface area contributed by atoms with Gasteiger partial charge < -0.3 is 9.72 Å². The fourth-order valence-corrected chi connectivity index (χ4v) is 3.52. The van der Waals surface area contributed by atoms with E-state index in [4.69, 9.17) is 4.74 Å². The zero-order valence-electron chi connectivity index (χ0n) is 16.1. The van der Waals surface area contributed by atoms with Gasteiger partial charge in [-0.05, 0) is 55.0 Å². The molecule has 0 aliphatic carbocycles. The number of halogens is 2. The van der Waals surface area contributed by atoms with Crippen LogP contribution in [0.5, 0.6) is 5.75 Å². The van der Waals surface area contributed by atoms with Crippen LogP contribution in [0, 0.1) is 24.1 Å². The Hall–Kier alpha value is -3.43. The molecule has 0 bridgehead atoms. The van der Waals surface area contributed by atoms with E-state index >= 15 is 0 Å². The molecule has 6 heteroatoms. The Balaban J connectivity index is 1.68. The predicted octanol–water partition coefficient (Wildman–Crippen LogP) is 6.42. The Morgan fingerprint density at radius 1 is 1.20 bits per heavy atom. The first kappa shape index (κ1) is 19.9. The smallest absolute Gasteiger partial charge is 0.149 e. The lowest BCUT2D eigenvalue weighted by molar-refractivity contribution is 0.305. The molecule has 4 rings (SSSR count). The van der Waals surface area contributed by atoms with Crippen LogP contribution < -0.4 is 4.74 Å². The van der Waals surface area contributed by atoms with Gasteiger partial charge in [-0.25, -0.2) is 9.37 Å². The molecule has 1 aromatic heterocycles. The number of nitrogens with one attached hydrogen (secondary N) is 1. The van der Waals surface area contributed by atoms with Crippen molar-refractivity contribution in [1.29, 1.82) is 5.26 Å². The number of aromatic amines is 1. The molecule has 1 heterocycles. The molecule has 0 spiro atoms. The maximum Gasteiger partial charge on any atom is 0.149 e. The molecule has 0 aliphatic heterocycles. The van der Waals surface area contributed by atoms with E-state index in [0.717, 1.165) is 15.6 Å². The average Bonchev–Trinajstić information content (AvgIpc) is 3.14. The van der Waals surface area contributed by atoms with E-state index in [1.165, 1.54) is 17.7 Å². The summed E-state index contributed by atoms with van der Waals surface area (Å²) in [4.78, 5) is 7.42. The minimum absolute atomic E-state index is 0.324. The van der Waals surface area contributed by atoms with Gasteiger partial charge in [0.05, 0.1) is 16.6 Å². The Labute approximate surface area is 181 Å². The Bertz CT molecular complexity index is 1300. The van der Waals surface area contributed by atoms with Crippen molar-refractivity contribution in [3.05, 3.63) is 93.5 Å². The van der Waals surface area contributed by atoms with E-state index in [1.54, 1.807) is 12.1 Å². The van der Waals surface area contributed by atoms with Gasteiger partial charge in [-0.3, -0.25) is 0 Å². The highest BCUT2D eigenvalue weighted by Crippen LogP contribution is 2.28. The summed E-state index contributed by atoms with van der Waals surface area (Å²) in [7, 11) is 0. The summed E-state index contributed by atoms with van der Waals surface area (Å²) in [6.45, 7) is 2.45. The molecule has 0 atom stereocenters. The highest BCUT2D eigenvalue weighted by molar-refractivity contribution is 9.10. The lowest BCUT2D eigenvalue weighted by atomic mass is 10.1. The number of nitriles is 1. The average molecular weight is 462 g/mol. The number of benzene rings is 3. The van der Waals surface area contributed by atoms with Gasteiger partial charge in [-0.1, -0.05) is 45.8 Å². The summed E-state index contributed by atoms with van der Waals surface area (Å²) >= 11 is 3.47. The van der Waals surface area contributed by atoms with E-state index in [1.807, 2.05) is 43.3 Å². The van der Waals surface area contributed by atoms with Crippen molar-refractivity contribution in [2.24, 2.45) is 0 Å². The van der Waals surface area contributed by atoms with Crippen LogP contribution in [-0.4, -0.2) is 9.97 Å². The number of nitrogens with zero attached hydrogens (tertiary/aromatic N) is 2. The third-order valence-electron chi connectivity index (χ3n) is 4.57. The molecular formula is C24H17BrFN3O. The molecule has 148 valence electrons. The topological polar surface area (TPSA) is 61.7 Å². The van der Waals surface area contributed by atoms with Gasteiger partial charge in [0.2, 0.25) is 0 Å². The summed E-state index contributed by atoms with van der Waals surface area (Å²) in [6.07, 6.45) is 1.71. The van der Waals surface area contributed by atoms with Crippen LogP contribution >= 0.6 is 15.9 Å². The fourth-order valence-electron chi connectivity index (χ4n) is 3.15. The maximum absolute atomic E-state index is 13.5. The Morgan fingerprint density at radius 2 is 2.07 bits per heavy atom. The number of ether oxygens (including phenoxy) is 1. The van der Waals surface area contributed by atoms with Gasteiger partial charge in [0.1, 0.15) is 30.1 Å². The molecule has 0 amide bonds. The Kier molecular flexibility index (Phi) is 5.64. The lowest BCUT2D eigenvalue weighted by Gasteiger charge is -2.11. The number of rotatable bonds is 5. The number of aryl methyl sites for hydroxylation is 1. The van der Waals surface area contributed by atoms with Crippen molar-refractivity contribution in [2.75, 3.05) is 0 Å². The van der Waals surface area contributed by atoms with Gasteiger partial charge in [-0.2, -0.15) is 5.26 Å². The second kappa shape index (κ2) is 8.52. The molecule has 0 radical (unpaired) electrons. The minimum atomic E-state index is -0.362. The molecule has 0 aliphatic rings. The highest BCUT2D eigenvalue weighted by atomic mass is 79.9. The molecule has 4 aromatic rings. The third kappa shape index (κ3) is 4.42. The molecule has 30 heavy (non-hydrogen) atoms. The molecule has 0 unspecified atom stereocenters. The van der Waals surface area contributed by atoms with E-state index in [9.17, 15) is 9.65 Å². The maximum atomic E-state index is 13.5. The van der Waals surface area contributed by atoms with Crippen LogP contribution in [0.25, 0.3) is 22.7 Å². The van der Waals surface area contributed by atoms with Gasteiger partial charge >= 0.3 is 0 Å².